The van der Waals surface area contributed by atoms with Gasteiger partial charge in [-0.3, -0.25) is 0 Å². The van der Waals surface area contributed by atoms with Crippen molar-refractivity contribution in [1.29, 1.82) is 0 Å². The molecule has 0 amide bonds. The third-order valence-corrected chi connectivity index (χ3v) is 2.75. The number of furan rings is 1. The van der Waals surface area contributed by atoms with Gasteiger partial charge in [0.15, 0.2) is 4.67 Å². The molecule has 1 aromatic heterocycles. The van der Waals surface area contributed by atoms with Crippen molar-refractivity contribution < 1.29 is 12.8 Å². The van der Waals surface area contributed by atoms with Crippen molar-refractivity contribution in [3.8, 4) is 0 Å². The van der Waals surface area contributed by atoms with Gasteiger partial charge in [-0.15, -0.1) is 0 Å². The largest absolute Gasteiger partial charge is 0.453 e. The van der Waals surface area contributed by atoms with E-state index in [1.165, 1.54) is 0 Å². The summed E-state index contributed by atoms with van der Waals surface area (Å²) in [6, 6.07) is 3.66. The predicted molar refractivity (Wildman–Crippen MR) is 61.0 cm³/mol. The van der Waals surface area contributed by atoms with E-state index in [0.29, 0.717) is 24.3 Å². The van der Waals surface area contributed by atoms with Gasteiger partial charge in [-0.1, -0.05) is 0 Å². The van der Waals surface area contributed by atoms with Crippen LogP contribution in [0.15, 0.2) is 21.2 Å². The molecule has 0 aliphatic heterocycles. The van der Waals surface area contributed by atoms with Crippen LogP contribution in [0.2, 0.25) is 0 Å². The van der Waals surface area contributed by atoms with Crippen molar-refractivity contribution in [2.45, 2.75) is 6.54 Å². The average molecular weight is 297 g/mol. The van der Waals surface area contributed by atoms with Gasteiger partial charge in [0.2, 0.25) is 10.0 Å². The van der Waals surface area contributed by atoms with E-state index in [-0.39, 0.29) is 0 Å². The summed E-state index contributed by atoms with van der Waals surface area (Å²) < 4.78 is 29.7. The van der Waals surface area contributed by atoms with Gasteiger partial charge < -0.3 is 9.73 Å². The molecular weight excluding hydrogens is 284 g/mol. The lowest BCUT2D eigenvalue weighted by Crippen LogP contribution is -2.30. The highest BCUT2D eigenvalue weighted by molar-refractivity contribution is 9.10. The third kappa shape index (κ3) is 5.93. The normalized spacial score (nSPS) is 11.9. The molecule has 0 radical (unpaired) electrons. The minimum Gasteiger partial charge on any atom is -0.453 e. The van der Waals surface area contributed by atoms with Crippen LogP contribution in [0, 0.1) is 0 Å². The molecule has 0 aliphatic carbocycles. The topological polar surface area (TPSA) is 71.3 Å². The molecule has 0 aliphatic rings. The molecule has 0 fully saturated rings. The molecule has 7 heteroatoms. The molecule has 15 heavy (non-hydrogen) atoms. The van der Waals surface area contributed by atoms with E-state index in [1.54, 1.807) is 0 Å². The molecule has 0 atom stereocenters. The van der Waals surface area contributed by atoms with E-state index in [9.17, 15) is 8.42 Å². The molecule has 86 valence electrons. The summed E-state index contributed by atoms with van der Waals surface area (Å²) in [5.41, 5.74) is 0. The number of hydrogen-bond acceptors (Lipinski definition) is 4. The fourth-order valence-electron chi connectivity index (χ4n) is 0.983. The molecule has 1 aromatic rings. The Kier molecular flexibility index (Phi) is 4.78. The fourth-order valence-corrected chi connectivity index (χ4v) is 1.80. The van der Waals surface area contributed by atoms with Crippen LogP contribution >= 0.6 is 15.9 Å². The van der Waals surface area contributed by atoms with E-state index >= 15 is 0 Å². The summed E-state index contributed by atoms with van der Waals surface area (Å²) in [6.07, 6.45) is 1.14. The Hall–Kier alpha value is -0.370. The fraction of sp³-hybridized carbons (Fsp3) is 0.500. The molecule has 5 nitrogen and oxygen atoms in total. The molecular formula is C8H13BrN2O3S. The second-order valence-corrected chi connectivity index (χ2v) is 5.66. The third-order valence-electron chi connectivity index (χ3n) is 1.59. The Morgan fingerprint density at radius 3 is 2.67 bits per heavy atom. The van der Waals surface area contributed by atoms with Gasteiger partial charge in [-0.2, -0.15) is 0 Å². The lowest BCUT2D eigenvalue weighted by Gasteiger charge is -2.03. The molecule has 0 saturated carbocycles. The summed E-state index contributed by atoms with van der Waals surface area (Å²) in [5, 5.41) is 3.05. The van der Waals surface area contributed by atoms with Crippen molar-refractivity contribution in [3.05, 3.63) is 22.6 Å². The standard InChI is InChI=1S/C8H13BrN2O3S/c1-15(12,13)11-5-4-10-6-7-2-3-8(9)14-7/h2-3,10-11H,4-6H2,1H3. The van der Waals surface area contributed by atoms with E-state index in [1.807, 2.05) is 12.1 Å². The van der Waals surface area contributed by atoms with Crippen molar-refractivity contribution in [1.82, 2.24) is 10.0 Å². The van der Waals surface area contributed by atoms with Crippen molar-refractivity contribution in [3.63, 3.8) is 0 Å². The minimum absolute atomic E-state index is 0.376. The van der Waals surface area contributed by atoms with Crippen molar-refractivity contribution >= 4 is 26.0 Å². The van der Waals surface area contributed by atoms with Crippen molar-refractivity contribution in [2.75, 3.05) is 19.3 Å². The lowest BCUT2D eigenvalue weighted by molar-refractivity contribution is 0.466. The number of nitrogens with one attached hydrogen (secondary N) is 2. The van der Waals surface area contributed by atoms with Crippen LogP contribution in [0.5, 0.6) is 0 Å². The van der Waals surface area contributed by atoms with Crippen LogP contribution in [0.4, 0.5) is 0 Å². The first kappa shape index (κ1) is 12.7. The first-order chi connectivity index (χ1) is 6.97. The predicted octanol–water partition coefficient (Wildman–Crippen LogP) is 0.681. The van der Waals surface area contributed by atoms with Gasteiger partial charge in [0.05, 0.1) is 12.8 Å². The second-order valence-electron chi connectivity index (χ2n) is 3.05. The molecule has 0 unspecified atom stereocenters. The molecule has 0 aromatic carbocycles. The number of hydrogen-bond donors (Lipinski definition) is 2. The van der Waals surface area contributed by atoms with Gasteiger partial charge in [0.25, 0.3) is 0 Å². The Bertz CT molecular complexity index is 402. The van der Waals surface area contributed by atoms with Crippen LogP contribution in [0.1, 0.15) is 5.76 Å². The first-order valence-corrected chi connectivity index (χ1v) is 7.05. The monoisotopic (exact) mass is 296 g/mol. The van der Waals surface area contributed by atoms with Crippen LogP contribution in [-0.4, -0.2) is 27.8 Å². The van der Waals surface area contributed by atoms with Crippen LogP contribution in [0.25, 0.3) is 0 Å². The highest BCUT2D eigenvalue weighted by atomic mass is 79.9. The molecule has 0 spiro atoms. The van der Waals surface area contributed by atoms with Gasteiger partial charge in [-0.05, 0) is 28.1 Å². The second kappa shape index (κ2) is 5.64. The van der Waals surface area contributed by atoms with E-state index in [2.05, 4.69) is 26.0 Å². The molecule has 1 heterocycles. The van der Waals surface area contributed by atoms with E-state index in [0.717, 1.165) is 12.0 Å². The summed E-state index contributed by atoms with van der Waals surface area (Å²) >= 11 is 3.19. The SMILES string of the molecule is CS(=O)(=O)NCCNCc1ccc(Br)o1. The summed E-state index contributed by atoms with van der Waals surface area (Å²) in [6.45, 7) is 1.52. The van der Waals surface area contributed by atoms with E-state index in [4.69, 9.17) is 4.42 Å². The Morgan fingerprint density at radius 2 is 2.13 bits per heavy atom. The van der Waals surface area contributed by atoms with Gasteiger partial charge in [0, 0.05) is 13.1 Å². The zero-order chi connectivity index (χ0) is 11.3. The smallest absolute Gasteiger partial charge is 0.208 e. The van der Waals surface area contributed by atoms with Gasteiger partial charge in [0.1, 0.15) is 5.76 Å². The zero-order valence-electron chi connectivity index (χ0n) is 8.29. The summed E-state index contributed by atoms with van der Waals surface area (Å²) in [4.78, 5) is 0. The maximum atomic E-state index is 10.7. The maximum Gasteiger partial charge on any atom is 0.208 e. The van der Waals surface area contributed by atoms with Crippen molar-refractivity contribution in [2.24, 2.45) is 0 Å². The minimum atomic E-state index is -3.09. The quantitative estimate of drug-likeness (QED) is 0.758. The number of rotatable bonds is 6. The highest BCUT2D eigenvalue weighted by Gasteiger charge is 2.00. The van der Waals surface area contributed by atoms with E-state index < -0.39 is 10.0 Å². The summed E-state index contributed by atoms with van der Waals surface area (Å²) in [5.74, 6) is 0.807. The average Bonchev–Trinajstić information content (AvgIpc) is 2.49. The lowest BCUT2D eigenvalue weighted by atomic mass is 10.4. The first-order valence-electron chi connectivity index (χ1n) is 4.37. The van der Waals surface area contributed by atoms with Gasteiger partial charge in [-0.25, -0.2) is 13.1 Å². The molecule has 0 saturated heterocycles. The number of sulfonamides is 1. The summed E-state index contributed by atoms with van der Waals surface area (Å²) in [7, 11) is -3.09. The molecule has 2 N–H and O–H groups in total. The zero-order valence-corrected chi connectivity index (χ0v) is 10.7. The van der Waals surface area contributed by atoms with Crippen LogP contribution < -0.4 is 10.0 Å². The Labute approximate surface area is 97.4 Å². The maximum absolute atomic E-state index is 10.7. The Morgan fingerprint density at radius 1 is 1.40 bits per heavy atom. The number of halogens is 1. The highest BCUT2D eigenvalue weighted by Crippen LogP contribution is 2.13. The molecule has 1 rings (SSSR count). The molecule has 0 bridgehead atoms. The van der Waals surface area contributed by atoms with Crippen LogP contribution in [0.3, 0.4) is 0 Å². The van der Waals surface area contributed by atoms with Gasteiger partial charge >= 0.3 is 0 Å². The Balaban J connectivity index is 2.12. The van der Waals surface area contributed by atoms with Crippen LogP contribution in [-0.2, 0) is 16.6 Å².